The summed E-state index contributed by atoms with van der Waals surface area (Å²) in [6.07, 6.45) is -1.09. The van der Waals surface area contributed by atoms with Gasteiger partial charge in [0.1, 0.15) is 11.3 Å². The normalized spacial score (nSPS) is 11.6. The molecule has 0 heterocycles. The molecule has 0 unspecified atom stereocenters. The van der Waals surface area contributed by atoms with E-state index in [0.717, 1.165) is 0 Å². The predicted molar refractivity (Wildman–Crippen MR) is 86.4 cm³/mol. The van der Waals surface area contributed by atoms with Crippen LogP contribution in [0.4, 0.5) is 0 Å². The standard InChI is InChI=1S/C17H16ClNO4/c1-19(2)16(21)15(11-6-4-3-5-7-11)23-17(22)13-9-8-12(18)10-14(13)20/h3-10,15,20H,1-2H3/t15-/m0/s1. The third-order valence-electron chi connectivity index (χ3n) is 3.17. The van der Waals surface area contributed by atoms with Crippen LogP contribution < -0.4 is 0 Å². The molecule has 0 fully saturated rings. The third-order valence-corrected chi connectivity index (χ3v) is 3.41. The third kappa shape index (κ3) is 4.02. The SMILES string of the molecule is CN(C)C(=O)[C@@H](OC(=O)c1ccc(Cl)cc1O)c1ccccc1. The number of hydrogen-bond donors (Lipinski definition) is 1. The van der Waals surface area contributed by atoms with Crippen molar-refractivity contribution in [3.63, 3.8) is 0 Å². The highest BCUT2D eigenvalue weighted by atomic mass is 35.5. The number of carbonyl (C=O) groups excluding carboxylic acids is 2. The fourth-order valence-electron chi connectivity index (χ4n) is 1.97. The maximum atomic E-state index is 12.3. The zero-order valence-electron chi connectivity index (χ0n) is 12.7. The number of phenols is 1. The Hall–Kier alpha value is -2.53. The summed E-state index contributed by atoms with van der Waals surface area (Å²) < 4.78 is 5.33. The van der Waals surface area contributed by atoms with Crippen molar-refractivity contribution < 1.29 is 19.4 Å². The van der Waals surface area contributed by atoms with E-state index < -0.39 is 12.1 Å². The quantitative estimate of drug-likeness (QED) is 0.873. The summed E-state index contributed by atoms with van der Waals surface area (Å²) in [5, 5.41) is 10.1. The molecule has 0 aliphatic carbocycles. The number of nitrogens with zero attached hydrogens (tertiary/aromatic N) is 1. The molecule has 0 aliphatic rings. The van der Waals surface area contributed by atoms with Gasteiger partial charge >= 0.3 is 5.97 Å². The fourth-order valence-corrected chi connectivity index (χ4v) is 2.14. The van der Waals surface area contributed by atoms with Gasteiger partial charge in [-0.3, -0.25) is 4.79 Å². The highest BCUT2D eigenvalue weighted by Crippen LogP contribution is 2.26. The summed E-state index contributed by atoms with van der Waals surface area (Å²) in [6, 6.07) is 12.7. The first kappa shape index (κ1) is 16.8. The number of aromatic hydroxyl groups is 1. The van der Waals surface area contributed by atoms with Gasteiger partial charge in [0.15, 0.2) is 0 Å². The van der Waals surface area contributed by atoms with Gasteiger partial charge in [0.05, 0.1) is 0 Å². The van der Waals surface area contributed by atoms with Gasteiger partial charge in [0.25, 0.3) is 5.91 Å². The fraction of sp³-hybridized carbons (Fsp3) is 0.176. The minimum absolute atomic E-state index is 0.0538. The molecule has 2 aromatic rings. The number of likely N-dealkylation sites (N-methyl/N-ethyl adjacent to an activating group) is 1. The van der Waals surface area contributed by atoms with E-state index in [-0.39, 0.29) is 17.2 Å². The molecular formula is C17H16ClNO4. The van der Waals surface area contributed by atoms with E-state index in [1.807, 2.05) is 0 Å². The molecule has 2 rings (SSSR count). The van der Waals surface area contributed by atoms with E-state index in [0.29, 0.717) is 10.6 Å². The van der Waals surface area contributed by atoms with Gasteiger partial charge < -0.3 is 14.7 Å². The molecule has 2 aromatic carbocycles. The molecule has 0 radical (unpaired) electrons. The predicted octanol–water partition coefficient (Wildman–Crippen LogP) is 3.03. The van der Waals surface area contributed by atoms with Crippen molar-refractivity contribution in [3.05, 3.63) is 64.7 Å². The first-order valence-corrected chi connectivity index (χ1v) is 7.23. The number of ether oxygens (including phenoxy) is 1. The van der Waals surface area contributed by atoms with Gasteiger partial charge in [0, 0.05) is 24.7 Å². The maximum Gasteiger partial charge on any atom is 0.343 e. The van der Waals surface area contributed by atoms with Crippen LogP contribution in [-0.2, 0) is 9.53 Å². The van der Waals surface area contributed by atoms with Gasteiger partial charge in [-0.05, 0) is 18.2 Å². The van der Waals surface area contributed by atoms with Crippen LogP contribution >= 0.6 is 11.6 Å². The van der Waals surface area contributed by atoms with Gasteiger partial charge in [-0.15, -0.1) is 0 Å². The van der Waals surface area contributed by atoms with E-state index in [4.69, 9.17) is 16.3 Å². The van der Waals surface area contributed by atoms with Crippen molar-refractivity contribution >= 4 is 23.5 Å². The Morgan fingerprint density at radius 1 is 1.13 bits per heavy atom. The Morgan fingerprint density at radius 3 is 2.35 bits per heavy atom. The number of hydrogen-bond acceptors (Lipinski definition) is 4. The minimum atomic E-state index is -1.09. The molecular weight excluding hydrogens is 318 g/mol. The Bertz CT molecular complexity index is 716. The number of benzene rings is 2. The minimum Gasteiger partial charge on any atom is -0.507 e. The van der Waals surface area contributed by atoms with Crippen LogP contribution in [0, 0.1) is 0 Å². The first-order valence-electron chi connectivity index (χ1n) is 6.85. The summed E-state index contributed by atoms with van der Waals surface area (Å²) >= 11 is 5.74. The molecule has 23 heavy (non-hydrogen) atoms. The molecule has 5 nitrogen and oxygen atoms in total. The zero-order chi connectivity index (χ0) is 17.0. The van der Waals surface area contributed by atoms with Gasteiger partial charge in [0.2, 0.25) is 6.10 Å². The second-order valence-electron chi connectivity index (χ2n) is 5.09. The highest BCUT2D eigenvalue weighted by Gasteiger charge is 2.27. The van der Waals surface area contributed by atoms with Crippen molar-refractivity contribution in [2.75, 3.05) is 14.1 Å². The second kappa shape index (κ2) is 7.15. The van der Waals surface area contributed by atoms with E-state index in [2.05, 4.69) is 0 Å². The lowest BCUT2D eigenvalue weighted by Crippen LogP contribution is -2.31. The number of halogens is 1. The topological polar surface area (TPSA) is 66.8 Å². The van der Waals surface area contributed by atoms with E-state index in [1.165, 1.54) is 23.1 Å². The molecule has 0 spiro atoms. The molecule has 0 bridgehead atoms. The van der Waals surface area contributed by atoms with Crippen LogP contribution in [0.2, 0.25) is 5.02 Å². The molecule has 6 heteroatoms. The van der Waals surface area contributed by atoms with Crippen LogP contribution in [0.3, 0.4) is 0 Å². The number of amides is 1. The summed E-state index contributed by atoms with van der Waals surface area (Å²) in [4.78, 5) is 25.9. The lowest BCUT2D eigenvalue weighted by atomic mass is 10.1. The van der Waals surface area contributed by atoms with Crippen LogP contribution in [0.25, 0.3) is 0 Å². The summed E-state index contributed by atoms with van der Waals surface area (Å²) in [6.45, 7) is 0. The molecule has 0 aliphatic heterocycles. The van der Waals surface area contributed by atoms with E-state index in [9.17, 15) is 14.7 Å². The highest BCUT2D eigenvalue weighted by molar-refractivity contribution is 6.30. The summed E-state index contributed by atoms with van der Waals surface area (Å²) in [7, 11) is 3.15. The smallest absolute Gasteiger partial charge is 0.343 e. The molecule has 0 saturated heterocycles. The Labute approximate surface area is 139 Å². The van der Waals surface area contributed by atoms with Gasteiger partial charge in [-0.2, -0.15) is 0 Å². The molecule has 1 amide bonds. The largest absolute Gasteiger partial charge is 0.507 e. The number of phenolic OH excluding ortho intramolecular Hbond substituents is 1. The van der Waals surface area contributed by atoms with Gasteiger partial charge in [-0.25, -0.2) is 4.79 Å². The van der Waals surface area contributed by atoms with Crippen LogP contribution in [-0.4, -0.2) is 36.0 Å². The lowest BCUT2D eigenvalue weighted by Gasteiger charge is -2.21. The van der Waals surface area contributed by atoms with Crippen molar-refractivity contribution in [3.8, 4) is 5.75 Å². The summed E-state index contributed by atoms with van der Waals surface area (Å²) in [5.41, 5.74) is 0.495. The Balaban J connectivity index is 2.30. The molecule has 0 aromatic heterocycles. The Morgan fingerprint density at radius 2 is 1.78 bits per heavy atom. The van der Waals surface area contributed by atoms with Gasteiger partial charge in [-0.1, -0.05) is 41.9 Å². The van der Waals surface area contributed by atoms with Crippen molar-refractivity contribution in [2.24, 2.45) is 0 Å². The van der Waals surface area contributed by atoms with Crippen molar-refractivity contribution in [1.82, 2.24) is 4.90 Å². The summed E-state index contributed by atoms with van der Waals surface area (Å²) in [5.74, 6) is -1.48. The molecule has 0 saturated carbocycles. The van der Waals surface area contributed by atoms with Crippen LogP contribution in [0.1, 0.15) is 22.0 Å². The van der Waals surface area contributed by atoms with E-state index in [1.54, 1.807) is 44.4 Å². The Kier molecular flexibility index (Phi) is 5.24. The van der Waals surface area contributed by atoms with Crippen molar-refractivity contribution in [1.29, 1.82) is 0 Å². The molecule has 1 atom stereocenters. The second-order valence-corrected chi connectivity index (χ2v) is 5.53. The van der Waals surface area contributed by atoms with Crippen LogP contribution in [0.15, 0.2) is 48.5 Å². The van der Waals surface area contributed by atoms with E-state index >= 15 is 0 Å². The molecule has 1 N–H and O–H groups in total. The first-order chi connectivity index (χ1) is 10.9. The monoisotopic (exact) mass is 333 g/mol. The number of rotatable bonds is 4. The van der Waals surface area contributed by atoms with Crippen molar-refractivity contribution in [2.45, 2.75) is 6.10 Å². The average Bonchev–Trinajstić information content (AvgIpc) is 2.52. The number of carbonyl (C=O) groups is 2. The lowest BCUT2D eigenvalue weighted by molar-refractivity contribution is -0.138. The average molecular weight is 334 g/mol. The van der Waals surface area contributed by atoms with Crippen LogP contribution in [0.5, 0.6) is 5.75 Å². The maximum absolute atomic E-state index is 12.3. The zero-order valence-corrected chi connectivity index (χ0v) is 13.4. The number of esters is 1. The molecule has 120 valence electrons.